The zero-order valence-electron chi connectivity index (χ0n) is 18.7. The van der Waals surface area contributed by atoms with Crippen molar-refractivity contribution in [2.45, 2.75) is 31.5 Å². The van der Waals surface area contributed by atoms with E-state index < -0.39 is 0 Å². The maximum Gasteiger partial charge on any atom is 0.272 e. The highest BCUT2D eigenvalue weighted by atomic mass is 32.2. The molecule has 4 aromatic rings. The van der Waals surface area contributed by atoms with Crippen LogP contribution < -0.4 is 15.6 Å². The first kappa shape index (κ1) is 23.1. The van der Waals surface area contributed by atoms with Crippen LogP contribution in [0.3, 0.4) is 0 Å². The number of carbonyl (C=O) groups excluding carboxylic acids is 1. The van der Waals surface area contributed by atoms with Crippen LogP contribution in [0.5, 0.6) is 5.75 Å². The van der Waals surface area contributed by atoms with E-state index in [0.29, 0.717) is 27.8 Å². The Labute approximate surface area is 200 Å². The lowest BCUT2D eigenvalue weighted by Gasteiger charge is -2.13. The van der Waals surface area contributed by atoms with Crippen LogP contribution in [-0.4, -0.2) is 28.3 Å². The molecule has 2 heterocycles. The monoisotopic (exact) mass is 479 g/mol. The smallest absolute Gasteiger partial charge is 0.272 e. The number of amides is 1. The van der Waals surface area contributed by atoms with E-state index in [-0.39, 0.29) is 17.2 Å². The molecule has 0 aliphatic carbocycles. The average Bonchev–Trinajstić information content (AvgIpc) is 3.29. The number of carbonyl (C=O) groups is 1. The summed E-state index contributed by atoms with van der Waals surface area (Å²) >= 11 is 2.63. The summed E-state index contributed by atoms with van der Waals surface area (Å²) in [5.41, 5.74) is 3.44. The van der Waals surface area contributed by atoms with Gasteiger partial charge in [0.1, 0.15) is 10.4 Å². The third kappa shape index (κ3) is 5.46. The molecule has 0 atom stereocenters. The fraction of sp³-hybridized carbons (Fsp3) is 0.240. The van der Waals surface area contributed by atoms with Crippen LogP contribution in [0.25, 0.3) is 10.2 Å². The van der Waals surface area contributed by atoms with Gasteiger partial charge < -0.3 is 10.1 Å². The first-order valence-corrected chi connectivity index (χ1v) is 12.4. The van der Waals surface area contributed by atoms with Gasteiger partial charge in [-0.15, -0.1) is 11.3 Å². The number of thioether (sulfide) groups is 1. The highest BCUT2D eigenvalue weighted by Crippen LogP contribution is 2.23. The van der Waals surface area contributed by atoms with Crippen molar-refractivity contribution < 1.29 is 9.53 Å². The summed E-state index contributed by atoms with van der Waals surface area (Å²) in [6, 6.07) is 17.3. The molecule has 2 aromatic carbocycles. The third-order valence-electron chi connectivity index (χ3n) is 5.20. The molecule has 0 spiro atoms. The SMILES string of the molecule is COc1cccc(Cn2c(SCC(=O)Nc3ccc(C(C)C)cc3)nc3ccsc3c2=O)c1. The van der Waals surface area contributed by atoms with E-state index in [9.17, 15) is 9.59 Å². The van der Waals surface area contributed by atoms with Crippen LogP contribution in [0.1, 0.15) is 30.9 Å². The second-order valence-electron chi connectivity index (χ2n) is 7.89. The molecule has 170 valence electrons. The minimum atomic E-state index is -0.148. The van der Waals surface area contributed by atoms with Crippen LogP contribution in [0.4, 0.5) is 5.69 Å². The Morgan fingerprint density at radius 1 is 1.18 bits per heavy atom. The molecular formula is C25H25N3O3S2. The molecule has 4 rings (SSSR count). The molecule has 0 radical (unpaired) electrons. The van der Waals surface area contributed by atoms with E-state index in [1.54, 1.807) is 11.7 Å². The Hall–Kier alpha value is -3.10. The first-order chi connectivity index (χ1) is 15.9. The Kier molecular flexibility index (Phi) is 7.15. The standard InChI is InChI=1S/C25H25N3O3S2/c1-16(2)18-7-9-19(10-8-18)26-22(29)15-33-25-27-21-11-12-32-23(21)24(30)28(25)14-17-5-4-6-20(13-17)31-3/h4-13,16H,14-15H2,1-3H3,(H,26,29). The largest absolute Gasteiger partial charge is 0.497 e. The van der Waals surface area contributed by atoms with Gasteiger partial charge in [0.05, 0.1) is 24.9 Å². The summed E-state index contributed by atoms with van der Waals surface area (Å²) in [5, 5.41) is 5.29. The summed E-state index contributed by atoms with van der Waals surface area (Å²) in [4.78, 5) is 30.4. The lowest BCUT2D eigenvalue weighted by Crippen LogP contribution is -2.24. The van der Waals surface area contributed by atoms with Crippen LogP contribution in [0.2, 0.25) is 0 Å². The summed E-state index contributed by atoms with van der Waals surface area (Å²) in [7, 11) is 1.61. The second-order valence-corrected chi connectivity index (χ2v) is 9.74. The van der Waals surface area contributed by atoms with Gasteiger partial charge in [0.25, 0.3) is 5.56 Å². The van der Waals surface area contributed by atoms with E-state index in [2.05, 4.69) is 24.1 Å². The number of rotatable bonds is 8. The van der Waals surface area contributed by atoms with E-state index in [1.807, 2.05) is 60.0 Å². The minimum absolute atomic E-state index is 0.106. The van der Waals surface area contributed by atoms with E-state index in [0.717, 1.165) is 17.0 Å². The number of fused-ring (bicyclic) bond motifs is 1. The number of thiophene rings is 1. The molecule has 1 amide bonds. The van der Waals surface area contributed by atoms with Gasteiger partial charge in [0.2, 0.25) is 5.91 Å². The van der Waals surface area contributed by atoms with Gasteiger partial charge in [0.15, 0.2) is 5.16 Å². The summed E-state index contributed by atoms with van der Waals surface area (Å²) in [6.45, 7) is 4.61. The summed E-state index contributed by atoms with van der Waals surface area (Å²) in [6.07, 6.45) is 0. The highest BCUT2D eigenvalue weighted by molar-refractivity contribution is 7.99. The Bertz CT molecular complexity index is 1330. The van der Waals surface area contributed by atoms with Crippen molar-refractivity contribution in [3.05, 3.63) is 81.5 Å². The number of ether oxygens (including phenoxy) is 1. The molecule has 0 aliphatic heterocycles. The Morgan fingerprint density at radius 3 is 2.70 bits per heavy atom. The molecule has 0 saturated carbocycles. The number of anilines is 1. The van der Waals surface area contributed by atoms with Crippen LogP contribution in [0, 0.1) is 0 Å². The van der Waals surface area contributed by atoms with Crippen LogP contribution in [-0.2, 0) is 11.3 Å². The number of aromatic nitrogens is 2. The highest BCUT2D eigenvalue weighted by Gasteiger charge is 2.15. The average molecular weight is 480 g/mol. The van der Waals surface area contributed by atoms with Gasteiger partial charge in [-0.2, -0.15) is 0 Å². The van der Waals surface area contributed by atoms with Crippen LogP contribution >= 0.6 is 23.1 Å². The predicted octanol–water partition coefficient (Wildman–Crippen LogP) is 5.37. The molecule has 6 nitrogen and oxygen atoms in total. The maximum atomic E-state index is 13.2. The van der Waals surface area contributed by atoms with Crippen molar-refractivity contribution in [1.82, 2.24) is 9.55 Å². The van der Waals surface area contributed by atoms with E-state index in [4.69, 9.17) is 4.74 Å². The summed E-state index contributed by atoms with van der Waals surface area (Å²) in [5.74, 6) is 1.16. The zero-order chi connectivity index (χ0) is 23.4. The van der Waals surface area contributed by atoms with Gasteiger partial charge in [0, 0.05) is 5.69 Å². The molecule has 33 heavy (non-hydrogen) atoms. The van der Waals surface area contributed by atoms with Crippen molar-refractivity contribution >= 4 is 44.9 Å². The number of hydrogen-bond acceptors (Lipinski definition) is 6. The minimum Gasteiger partial charge on any atom is -0.497 e. The maximum absolute atomic E-state index is 13.2. The molecule has 0 saturated heterocycles. The van der Waals surface area contributed by atoms with Gasteiger partial charge >= 0.3 is 0 Å². The molecule has 0 aliphatic rings. The number of methoxy groups -OCH3 is 1. The topological polar surface area (TPSA) is 73.2 Å². The molecule has 0 fully saturated rings. The Morgan fingerprint density at radius 2 is 1.97 bits per heavy atom. The first-order valence-electron chi connectivity index (χ1n) is 10.6. The molecule has 1 N–H and O–H groups in total. The third-order valence-corrected chi connectivity index (χ3v) is 7.07. The number of nitrogens with one attached hydrogen (secondary N) is 1. The van der Waals surface area contributed by atoms with Gasteiger partial charge in [-0.1, -0.05) is 49.9 Å². The van der Waals surface area contributed by atoms with Gasteiger partial charge in [-0.05, 0) is 52.8 Å². The van der Waals surface area contributed by atoms with Crippen molar-refractivity contribution in [2.75, 3.05) is 18.2 Å². The van der Waals surface area contributed by atoms with Crippen molar-refractivity contribution in [2.24, 2.45) is 0 Å². The summed E-state index contributed by atoms with van der Waals surface area (Å²) < 4.78 is 7.54. The van der Waals surface area contributed by atoms with E-state index in [1.165, 1.54) is 28.7 Å². The fourth-order valence-corrected chi connectivity index (χ4v) is 4.98. The quantitative estimate of drug-likeness (QED) is 0.272. The number of nitrogens with zero attached hydrogens (tertiary/aromatic N) is 2. The molecule has 0 unspecified atom stereocenters. The van der Waals surface area contributed by atoms with Crippen molar-refractivity contribution in [3.8, 4) is 5.75 Å². The lowest BCUT2D eigenvalue weighted by atomic mass is 10.0. The van der Waals surface area contributed by atoms with Gasteiger partial charge in [-0.25, -0.2) is 4.98 Å². The normalized spacial score (nSPS) is 11.2. The number of hydrogen-bond donors (Lipinski definition) is 1. The fourth-order valence-electron chi connectivity index (χ4n) is 3.40. The molecule has 0 bridgehead atoms. The lowest BCUT2D eigenvalue weighted by molar-refractivity contribution is -0.113. The molecule has 2 aromatic heterocycles. The Balaban J connectivity index is 1.54. The molecule has 8 heteroatoms. The molecular weight excluding hydrogens is 454 g/mol. The zero-order valence-corrected chi connectivity index (χ0v) is 20.3. The van der Waals surface area contributed by atoms with Crippen LogP contribution in [0.15, 0.2) is 69.9 Å². The van der Waals surface area contributed by atoms with E-state index >= 15 is 0 Å². The second kappa shape index (κ2) is 10.2. The number of benzene rings is 2. The van der Waals surface area contributed by atoms with Crippen molar-refractivity contribution in [3.63, 3.8) is 0 Å². The van der Waals surface area contributed by atoms with Crippen molar-refractivity contribution in [1.29, 1.82) is 0 Å². The van der Waals surface area contributed by atoms with Gasteiger partial charge in [-0.3, -0.25) is 14.2 Å². The predicted molar refractivity (Wildman–Crippen MR) is 136 cm³/mol.